The van der Waals surface area contributed by atoms with Crippen LogP contribution in [0.25, 0.3) is 0 Å². The molecule has 1 N–H and O–H groups in total. The lowest BCUT2D eigenvalue weighted by Crippen LogP contribution is -2.45. The van der Waals surface area contributed by atoms with Crippen LogP contribution in [0.2, 0.25) is 0 Å². The Hall–Kier alpha value is -1.40. The maximum absolute atomic E-state index is 11.9. The normalized spacial score (nSPS) is 21.0. The first-order valence-corrected chi connectivity index (χ1v) is 8.00. The third-order valence-corrected chi connectivity index (χ3v) is 4.76. The molecule has 0 radical (unpaired) electrons. The number of ether oxygens (including phenoxy) is 3. The maximum Gasteiger partial charge on any atom is 0.258 e. The van der Waals surface area contributed by atoms with Gasteiger partial charge in [0.2, 0.25) is 0 Å². The van der Waals surface area contributed by atoms with Crippen molar-refractivity contribution in [3.05, 3.63) is 24.3 Å². The Morgan fingerprint density at radius 1 is 1.33 bits per heavy atom. The first-order chi connectivity index (χ1) is 10.2. The average Bonchev–Trinajstić information content (AvgIpc) is 3.00. The highest BCUT2D eigenvalue weighted by molar-refractivity contribution is 7.99. The largest absolute Gasteiger partial charge is 0.493 e. The molecule has 0 aromatic heterocycles. The molecule has 116 valence electrons. The van der Waals surface area contributed by atoms with Crippen LogP contribution in [0.5, 0.6) is 11.5 Å². The van der Waals surface area contributed by atoms with Gasteiger partial charge in [-0.05, 0) is 24.3 Å². The van der Waals surface area contributed by atoms with E-state index in [-0.39, 0.29) is 18.1 Å². The molecule has 21 heavy (non-hydrogen) atoms. The van der Waals surface area contributed by atoms with Gasteiger partial charge < -0.3 is 19.5 Å². The van der Waals surface area contributed by atoms with E-state index in [1.165, 1.54) is 0 Å². The molecule has 1 aliphatic rings. The lowest BCUT2D eigenvalue weighted by molar-refractivity contribution is -0.124. The molecule has 1 atom stereocenters. The van der Waals surface area contributed by atoms with Crippen LogP contribution in [-0.2, 0) is 9.53 Å². The highest BCUT2D eigenvalue weighted by Crippen LogP contribution is 2.30. The van der Waals surface area contributed by atoms with Crippen LogP contribution in [0.1, 0.15) is 6.42 Å². The second-order valence-corrected chi connectivity index (χ2v) is 6.01. The molecule has 1 heterocycles. The second kappa shape index (κ2) is 7.56. The SMILES string of the molecule is COc1ccccc1OCC(=O)NC[C@@]1(OC)CCSC1. The molecular formula is C15H21NO4S. The number of hydrogen-bond donors (Lipinski definition) is 1. The molecule has 0 bridgehead atoms. The Labute approximate surface area is 129 Å². The van der Waals surface area contributed by atoms with Crippen LogP contribution in [0.15, 0.2) is 24.3 Å². The zero-order valence-corrected chi connectivity index (χ0v) is 13.2. The fourth-order valence-electron chi connectivity index (χ4n) is 2.15. The summed E-state index contributed by atoms with van der Waals surface area (Å²) in [6, 6.07) is 7.26. The van der Waals surface area contributed by atoms with E-state index in [1.54, 1.807) is 26.4 Å². The van der Waals surface area contributed by atoms with Gasteiger partial charge in [0.15, 0.2) is 18.1 Å². The molecule has 0 saturated carbocycles. The minimum absolute atomic E-state index is 0.0344. The molecular weight excluding hydrogens is 290 g/mol. The molecule has 6 heteroatoms. The van der Waals surface area contributed by atoms with Gasteiger partial charge in [0.25, 0.3) is 5.91 Å². The van der Waals surface area contributed by atoms with Crippen molar-refractivity contribution < 1.29 is 19.0 Å². The van der Waals surface area contributed by atoms with Crippen LogP contribution in [0.4, 0.5) is 0 Å². The van der Waals surface area contributed by atoms with Gasteiger partial charge in [0.1, 0.15) is 0 Å². The molecule has 0 aliphatic carbocycles. The number of benzene rings is 1. The van der Waals surface area contributed by atoms with Crippen molar-refractivity contribution >= 4 is 17.7 Å². The van der Waals surface area contributed by atoms with Crippen LogP contribution < -0.4 is 14.8 Å². The molecule has 0 unspecified atom stereocenters. The third kappa shape index (κ3) is 4.28. The average molecular weight is 311 g/mol. The Kier molecular flexibility index (Phi) is 5.76. The Bertz CT molecular complexity index is 474. The summed E-state index contributed by atoms with van der Waals surface area (Å²) in [6.45, 7) is 0.484. The highest BCUT2D eigenvalue weighted by Gasteiger charge is 2.34. The zero-order valence-electron chi connectivity index (χ0n) is 12.4. The number of carbonyl (C=O) groups excluding carboxylic acids is 1. The Morgan fingerprint density at radius 3 is 2.71 bits per heavy atom. The van der Waals surface area contributed by atoms with E-state index in [9.17, 15) is 4.79 Å². The molecule has 1 aromatic rings. The number of carbonyl (C=O) groups is 1. The van der Waals surface area contributed by atoms with Crippen LogP contribution >= 0.6 is 11.8 Å². The molecule has 1 fully saturated rings. The summed E-state index contributed by atoms with van der Waals surface area (Å²) in [5.41, 5.74) is -0.231. The number of amides is 1. The van der Waals surface area contributed by atoms with Crippen LogP contribution in [0.3, 0.4) is 0 Å². The van der Waals surface area contributed by atoms with Crippen LogP contribution in [0, 0.1) is 0 Å². The molecule has 0 spiro atoms. The Morgan fingerprint density at radius 2 is 2.10 bits per heavy atom. The lowest BCUT2D eigenvalue weighted by Gasteiger charge is -2.26. The molecule has 5 nitrogen and oxygen atoms in total. The van der Waals surface area contributed by atoms with Gasteiger partial charge in [-0.25, -0.2) is 0 Å². The lowest BCUT2D eigenvalue weighted by atomic mass is 10.0. The predicted octanol–water partition coefficient (Wildman–Crippen LogP) is 1.71. The highest BCUT2D eigenvalue weighted by atomic mass is 32.2. The number of para-hydroxylation sites is 2. The smallest absolute Gasteiger partial charge is 0.258 e. The monoisotopic (exact) mass is 311 g/mol. The van der Waals surface area contributed by atoms with E-state index >= 15 is 0 Å². The molecule has 1 saturated heterocycles. The van der Waals surface area contributed by atoms with Crippen molar-refractivity contribution in [1.29, 1.82) is 0 Å². The summed E-state index contributed by atoms with van der Waals surface area (Å²) in [4.78, 5) is 11.9. The van der Waals surface area contributed by atoms with Crippen molar-refractivity contribution in [3.8, 4) is 11.5 Å². The minimum atomic E-state index is -0.231. The molecule has 1 amide bonds. The van der Waals surface area contributed by atoms with Gasteiger partial charge >= 0.3 is 0 Å². The van der Waals surface area contributed by atoms with E-state index in [0.29, 0.717) is 18.0 Å². The third-order valence-electron chi connectivity index (χ3n) is 3.54. The van der Waals surface area contributed by atoms with E-state index in [4.69, 9.17) is 14.2 Å². The van der Waals surface area contributed by atoms with Gasteiger partial charge in [0, 0.05) is 19.4 Å². The van der Waals surface area contributed by atoms with Crippen molar-refractivity contribution in [2.75, 3.05) is 38.9 Å². The number of nitrogens with one attached hydrogen (secondary N) is 1. The van der Waals surface area contributed by atoms with Crippen LogP contribution in [-0.4, -0.2) is 50.4 Å². The van der Waals surface area contributed by atoms with Crippen molar-refractivity contribution in [3.63, 3.8) is 0 Å². The standard InChI is InChI=1S/C15H21NO4S/c1-18-12-5-3-4-6-13(12)20-9-14(17)16-10-15(19-2)7-8-21-11-15/h3-6H,7-11H2,1-2H3,(H,16,17)/t15-/m0/s1. The summed E-state index contributed by atoms with van der Waals surface area (Å²) < 4.78 is 16.2. The van der Waals surface area contributed by atoms with E-state index in [0.717, 1.165) is 17.9 Å². The summed E-state index contributed by atoms with van der Waals surface area (Å²) in [5, 5.41) is 2.88. The van der Waals surface area contributed by atoms with Crippen molar-refractivity contribution in [1.82, 2.24) is 5.32 Å². The van der Waals surface area contributed by atoms with Gasteiger partial charge in [0.05, 0.1) is 12.7 Å². The first kappa shape index (κ1) is 16.0. The van der Waals surface area contributed by atoms with Gasteiger partial charge in [-0.3, -0.25) is 4.79 Å². The number of methoxy groups -OCH3 is 2. The fourth-order valence-corrected chi connectivity index (χ4v) is 3.55. The Balaban J connectivity index is 1.79. The van der Waals surface area contributed by atoms with Gasteiger partial charge in [-0.1, -0.05) is 12.1 Å². The predicted molar refractivity (Wildman–Crippen MR) is 83.2 cm³/mol. The second-order valence-electron chi connectivity index (χ2n) is 4.91. The topological polar surface area (TPSA) is 56.8 Å². The summed E-state index contributed by atoms with van der Waals surface area (Å²) >= 11 is 1.85. The number of hydrogen-bond acceptors (Lipinski definition) is 5. The zero-order chi connectivity index (χ0) is 15.1. The summed E-state index contributed by atoms with van der Waals surface area (Å²) in [5.74, 6) is 3.01. The fraction of sp³-hybridized carbons (Fsp3) is 0.533. The van der Waals surface area contributed by atoms with E-state index in [2.05, 4.69) is 5.32 Å². The summed E-state index contributed by atoms with van der Waals surface area (Å²) in [7, 11) is 3.27. The molecule has 1 aliphatic heterocycles. The van der Waals surface area contributed by atoms with Crippen molar-refractivity contribution in [2.24, 2.45) is 0 Å². The van der Waals surface area contributed by atoms with Crippen molar-refractivity contribution in [2.45, 2.75) is 12.0 Å². The van der Waals surface area contributed by atoms with E-state index in [1.807, 2.05) is 23.9 Å². The van der Waals surface area contributed by atoms with E-state index < -0.39 is 0 Å². The molecule has 1 aromatic carbocycles. The number of thioether (sulfide) groups is 1. The van der Waals surface area contributed by atoms with Gasteiger partial charge in [-0.2, -0.15) is 11.8 Å². The minimum Gasteiger partial charge on any atom is -0.493 e. The van der Waals surface area contributed by atoms with Gasteiger partial charge in [-0.15, -0.1) is 0 Å². The molecule has 2 rings (SSSR count). The first-order valence-electron chi connectivity index (χ1n) is 6.84. The quantitative estimate of drug-likeness (QED) is 0.831. The summed E-state index contributed by atoms with van der Waals surface area (Å²) in [6.07, 6.45) is 0.960. The maximum atomic E-state index is 11.9. The number of rotatable bonds is 7.